The maximum atomic E-state index is 11.7. The van der Waals surface area contributed by atoms with Gasteiger partial charge < -0.3 is 10.2 Å². The molecule has 0 heterocycles. The van der Waals surface area contributed by atoms with Crippen molar-refractivity contribution in [2.75, 3.05) is 0 Å². The van der Waals surface area contributed by atoms with Gasteiger partial charge in [-0.2, -0.15) is 0 Å². The zero-order chi connectivity index (χ0) is 11.6. The highest BCUT2D eigenvalue weighted by Crippen LogP contribution is 2.48. The number of aliphatic hydroxyl groups is 1. The van der Waals surface area contributed by atoms with E-state index in [0.717, 1.165) is 57.8 Å². The molecule has 2 rings (SSSR count). The largest absolute Gasteiger partial charge is 0.481 e. The van der Waals surface area contributed by atoms with Crippen LogP contribution in [0.4, 0.5) is 0 Å². The standard InChI is InChI=1S/C13H22O3/c14-11-7-5-6-10(11)13(12(15)16)8-3-1-2-4-9-13/h10-11,14H,1-9H2,(H,15,16). The molecule has 0 bridgehead atoms. The summed E-state index contributed by atoms with van der Waals surface area (Å²) in [6, 6.07) is 0. The molecule has 0 amide bonds. The summed E-state index contributed by atoms with van der Waals surface area (Å²) in [7, 11) is 0. The normalized spacial score (nSPS) is 34.6. The molecule has 92 valence electrons. The van der Waals surface area contributed by atoms with Crippen LogP contribution >= 0.6 is 0 Å². The van der Waals surface area contributed by atoms with Crippen molar-refractivity contribution in [3.05, 3.63) is 0 Å². The molecule has 2 aliphatic rings. The predicted molar refractivity (Wildman–Crippen MR) is 61.1 cm³/mol. The summed E-state index contributed by atoms with van der Waals surface area (Å²) >= 11 is 0. The van der Waals surface area contributed by atoms with Crippen LogP contribution in [-0.4, -0.2) is 22.3 Å². The molecule has 2 fully saturated rings. The summed E-state index contributed by atoms with van der Waals surface area (Å²) in [6.07, 6.45) is 8.15. The van der Waals surface area contributed by atoms with Gasteiger partial charge in [0.25, 0.3) is 0 Å². The summed E-state index contributed by atoms with van der Waals surface area (Å²) in [5.74, 6) is -0.663. The van der Waals surface area contributed by atoms with Gasteiger partial charge in [0.2, 0.25) is 0 Å². The van der Waals surface area contributed by atoms with E-state index in [1.54, 1.807) is 0 Å². The number of aliphatic hydroxyl groups excluding tert-OH is 1. The first-order chi connectivity index (χ1) is 7.67. The van der Waals surface area contributed by atoms with E-state index >= 15 is 0 Å². The Hall–Kier alpha value is -0.570. The fourth-order valence-electron chi connectivity index (χ4n) is 3.69. The van der Waals surface area contributed by atoms with E-state index in [-0.39, 0.29) is 12.0 Å². The molecule has 16 heavy (non-hydrogen) atoms. The number of carboxylic acids is 1. The summed E-state index contributed by atoms with van der Waals surface area (Å²) in [4.78, 5) is 11.7. The van der Waals surface area contributed by atoms with Gasteiger partial charge in [0.05, 0.1) is 11.5 Å². The van der Waals surface area contributed by atoms with Crippen molar-refractivity contribution in [2.45, 2.75) is 63.9 Å². The third kappa shape index (κ3) is 1.97. The molecule has 0 radical (unpaired) electrons. The fraction of sp³-hybridized carbons (Fsp3) is 0.923. The van der Waals surface area contributed by atoms with Gasteiger partial charge in [-0.1, -0.05) is 32.1 Å². The van der Waals surface area contributed by atoms with Crippen LogP contribution in [0, 0.1) is 11.3 Å². The highest BCUT2D eigenvalue weighted by molar-refractivity contribution is 5.75. The van der Waals surface area contributed by atoms with Crippen LogP contribution in [0.2, 0.25) is 0 Å². The van der Waals surface area contributed by atoms with Gasteiger partial charge >= 0.3 is 5.97 Å². The maximum Gasteiger partial charge on any atom is 0.310 e. The molecular weight excluding hydrogens is 204 g/mol. The van der Waals surface area contributed by atoms with Crippen LogP contribution in [0.25, 0.3) is 0 Å². The summed E-state index contributed by atoms with van der Waals surface area (Å²) < 4.78 is 0. The van der Waals surface area contributed by atoms with Gasteiger partial charge in [-0.3, -0.25) is 4.79 Å². The Morgan fingerprint density at radius 1 is 1.00 bits per heavy atom. The van der Waals surface area contributed by atoms with Gasteiger partial charge in [0.15, 0.2) is 0 Å². The highest BCUT2D eigenvalue weighted by Gasteiger charge is 2.49. The van der Waals surface area contributed by atoms with Gasteiger partial charge in [0.1, 0.15) is 0 Å². The maximum absolute atomic E-state index is 11.7. The first-order valence-corrected chi connectivity index (χ1v) is 6.58. The Morgan fingerprint density at radius 3 is 2.06 bits per heavy atom. The zero-order valence-corrected chi connectivity index (χ0v) is 9.82. The summed E-state index contributed by atoms with van der Waals surface area (Å²) in [6.45, 7) is 0. The van der Waals surface area contributed by atoms with Crippen LogP contribution in [0.5, 0.6) is 0 Å². The molecule has 0 aromatic heterocycles. The van der Waals surface area contributed by atoms with Crippen molar-refractivity contribution in [3.63, 3.8) is 0 Å². The van der Waals surface area contributed by atoms with Crippen LogP contribution in [0.3, 0.4) is 0 Å². The first-order valence-electron chi connectivity index (χ1n) is 6.58. The highest BCUT2D eigenvalue weighted by atomic mass is 16.4. The van der Waals surface area contributed by atoms with Crippen molar-refractivity contribution in [1.82, 2.24) is 0 Å². The van der Waals surface area contributed by atoms with Crippen LogP contribution < -0.4 is 0 Å². The van der Waals surface area contributed by atoms with E-state index in [1.807, 2.05) is 0 Å². The molecule has 0 aromatic rings. The second-order valence-corrected chi connectivity index (χ2v) is 5.48. The topological polar surface area (TPSA) is 57.5 Å². The number of carboxylic acid groups (broad SMARTS) is 1. The van der Waals surface area contributed by atoms with Gasteiger partial charge in [-0.15, -0.1) is 0 Å². The molecule has 0 spiro atoms. The Labute approximate surface area is 96.9 Å². The van der Waals surface area contributed by atoms with E-state index in [0.29, 0.717) is 0 Å². The van der Waals surface area contributed by atoms with Crippen molar-refractivity contribution >= 4 is 5.97 Å². The molecule has 2 unspecified atom stereocenters. The van der Waals surface area contributed by atoms with Crippen molar-refractivity contribution in [1.29, 1.82) is 0 Å². The SMILES string of the molecule is O=C(O)C1(C2CCCC2O)CCCCCC1. The molecular formula is C13H22O3. The van der Waals surface area contributed by atoms with Gasteiger partial charge in [-0.05, 0) is 25.7 Å². The average molecular weight is 226 g/mol. The predicted octanol–water partition coefficient (Wildman–Crippen LogP) is 2.57. The quantitative estimate of drug-likeness (QED) is 0.711. The molecule has 0 aromatic carbocycles. The number of rotatable bonds is 2. The lowest BCUT2D eigenvalue weighted by Gasteiger charge is -2.36. The molecule has 3 nitrogen and oxygen atoms in total. The van der Waals surface area contributed by atoms with Crippen molar-refractivity contribution in [2.24, 2.45) is 11.3 Å². The van der Waals surface area contributed by atoms with Crippen LogP contribution in [0.15, 0.2) is 0 Å². The zero-order valence-electron chi connectivity index (χ0n) is 9.82. The Morgan fingerprint density at radius 2 is 1.62 bits per heavy atom. The molecule has 2 N–H and O–H groups in total. The fourth-order valence-corrected chi connectivity index (χ4v) is 3.69. The van der Waals surface area contributed by atoms with Crippen molar-refractivity contribution in [3.8, 4) is 0 Å². The lowest BCUT2D eigenvalue weighted by Crippen LogP contribution is -2.41. The molecule has 2 atom stereocenters. The van der Waals surface area contributed by atoms with Crippen LogP contribution in [0.1, 0.15) is 57.8 Å². The molecule has 2 saturated carbocycles. The Balaban J connectivity index is 2.22. The summed E-state index contributed by atoms with van der Waals surface area (Å²) in [5, 5.41) is 19.6. The monoisotopic (exact) mass is 226 g/mol. The molecule has 0 saturated heterocycles. The first kappa shape index (κ1) is 11.9. The lowest BCUT2D eigenvalue weighted by atomic mass is 9.68. The Bertz CT molecular complexity index is 254. The minimum Gasteiger partial charge on any atom is -0.481 e. The van der Waals surface area contributed by atoms with E-state index in [1.165, 1.54) is 0 Å². The number of hydrogen-bond acceptors (Lipinski definition) is 2. The molecule has 3 heteroatoms. The number of aliphatic carboxylic acids is 1. The smallest absolute Gasteiger partial charge is 0.310 e. The van der Waals surface area contributed by atoms with Crippen LogP contribution in [-0.2, 0) is 4.79 Å². The van der Waals surface area contributed by atoms with E-state index < -0.39 is 11.4 Å². The molecule has 2 aliphatic carbocycles. The molecule has 0 aliphatic heterocycles. The minimum absolute atomic E-state index is 0.00287. The third-order valence-corrected chi connectivity index (χ3v) is 4.61. The second kappa shape index (κ2) is 4.74. The second-order valence-electron chi connectivity index (χ2n) is 5.48. The average Bonchev–Trinajstić information content (AvgIpc) is 2.55. The number of carbonyl (C=O) groups is 1. The van der Waals surface area contributed by atoms with Crippen molar-refractivity contribution < 1.29 is 15.0 Å². The Kier molecular flexibility index (Phi) is 3.53. The van der Waals surface area contributed by atoms with E-state index in [9.17, 15) is 15.0 Å². The third-order valence-electron chi connectivity index (χ3n) is 4.61. The van der Waals surface area contributed by atoms with E-state index in [2.05, 4.69) is 0 Å². The van der Waals surface area contributed by atoms with E-state index in [4.69, 9.17) is 0 Å². The summed E-state index contributed by atoms with van der Waals surface area (Å²) in [5.41, 5.74) is -0.619. The van der Waals surface area contributed by atoms with Gasteiger partial charge in [-0.25, -0.2) is 0 Å². The number of hydrogen-bond donors (Lipinski definition) is 2. The lowest BCUT2D eigenvalue weighted by molar-refractivity contribution is -0.156. The van der Waals surface area contributed by atoms with Gasteiger partial charge in [0, 0.05) is 5.92 Å². The minimum atomic E-state index is -0.666.